The van der Waals surface area contributed by atoms with E-state index in [1.165, 1.54) is 0 Å². The van der Waals surface area contributed by atoms with E-state index >= 15 is 0 Å². The second-order valence-electron chi connectivity index (χ2n) is 4.94. The van der Waals surface area contributed by atoms with Gasteiger partial charge >= 0.3 is 0 Å². The molecule has 0 aliphatic rings. The molecule has 0 unspecified atom stereocenters. The Morgan fingerprint density at radius 2 is 2.11 bits per heavy atom. The van der Waals surface area contributed by atoms with Gasteiger partial charge in [0.1, 0.15) is 5.75 Å². The molecule has 1 aromatic rings. The second-order valence-corrected chi connectivity index (χ2v) is 4.94. The molecule has 0 saturated heterocycles. The summed E-state index contributed by atoms with van der Waals surface area (Å²) in [6.45, 7) is 7.24. The fourth-order valence-corrected chi connectivity index (χ4v) is 2.00. The number of benzene rings is 1. The van der Waals surface area contributed by atoms with Crippen LogP contribution in [0, 0.1) is 6.92 Å². The van der Waals surface area contributed by atoms with E-state index in [1.807, 2.05) is 43.9 Å². The Balaban J connectivity index is 3.04. The summed E-state index contributed by atoms with van der Waals surface area (Å²) in [4.78, 5) is 14.5. The average Bonchev–Trinajstić information content (AvgIpc) is 2.38. The first-order chi connectivity index (χ1) is 9.01. The lowest BCUT2D eigenvalue weighted by Crippen LogP contribution is -2.38. The van der Waals surface area contributed by atoms with E-state index in [2.05, 4.69) is 0 Å². The van der Waals surface area contributed by atoms with Crippen molar-refractivity contribution in [2.45, 2.75) is 33.2 Å². The molecule has 4 heteroatoms. The van der Waals surface area contributed by atoms with Crippen molar-refractivity contribution in [2.24, 2.45) is 5.73 Å². The van der Waals surface area contributed by atoms with Gasteiger partial charge < -0.3 is 15.4 Å². The highest BCUT2D eigenvalue weighted by molar-refractivity contribution is 5.97. The molecular formula is C15H24N2O2. The third-order valence-corrected chi connectivity index (χ3v) is 3.07. The molecule has 0 fully saturated rings. The molecule has 0 spiro atoms. The third-order valence-electron chi connectivity index (χ3n) is 3.07. The van der Waals surface area contributed by atoms with Crippen molar-refractivity contribution in [3.05, 3.63) is 29.3 Å². The molecule has 1 amide bonds. The Hall–Kier alpha value is -1.55. The first-order valence-corrected chi connectivity index (χ1v) is 6.67. The van der Waals surface area contributed by atoms with Crippen LogP contribution in [0.2, 0.25) is 0 Å². The highest BCUT2D eigenvalue weighted by Gasteiger charge is 2.21. The summed E-state index contributed by atoms with van der Waals surface area (Å²) in [5, 5.41) is 0. The maximum absolute atomic E-state index is 12.6. The van der Waals surface area contributed by atoms with Crippen molar-refractivity contribution in [2.75, 3.05) is 20.2 Å². The fourth-order valence-electron chi connectivity index (χ4n) is 2.00. The lowest BCUT2D eigenvalue weighted by atomic mass is 10.1. The molecule has 1 rings (SSSR count). The van der Waals surface area contributed by atoms with Gasteiger partial charge in [-0.3, -0.25) is 4.79 Å². The number of ether oxygens (including phenoxy) is 1. The summed E-state index contributed by atoms with van der Waals surface area (Å²) >= 11 is 0. The van der Waals surface area contributed by atoms with Crippen LogP contribution in [0.1, 0.15) is 36.2 Å². The van der Waals surface area contributed by atoms with Crippen molar-refractivity contribution in [3.8, 4) is 5.75 Å². The Kier molecular flexibility index (Phi) is 5.83. The van der Waals surface area contributed by atoms with E-state index in [9.17, 15) is 4.79 Å². The monoisotopic (exact) mass is 264 g/mol. The van der Waals surface area contributed by atoms with E-state index in [0.29, 0.717) is 24.4 Å². The Labute approximate surface area is 115 Å². The predicted molar refractivity (Wildman–Crippen MR) is 77.6 cm³/mol. The Bertz CT molecular complexity index is 430. The van der Waals surface area contributed by atoms with Gasteiger partial charge in [0, 0.05) is 12.6 Å². The standard InChI is InChI=1S/C15H24N2O2/c1-11(2)17(9-5-8-16)15(18)13-10-12(3)6-7-14(13)19-4/h6-7,10-11H,5,8-9,16H2,1-4H3. The van der Waals surface area contributed by atoms with Gasteiger partial charge in [-0.25, -0.2) is 0 Å². The van der Waals surface area contributed by atoms with Crippen molar-refractivity contribution < 1.29 is 9.53 Å². The van der Waals surface area contributed by atoms with Crippen molar-refractivity contribution in [1.29, 1.82) is 0 Å². The molecule has 0 aliphatic carbocycles. The first kappa shape index (κ1) is 15.5. The predicted octanol–water partition coefficient (Wildman–Crippen LogP) is 2.20. The molecule has 1 aromatic carbocycles. The van der Waals surface area contributed by atoms with Gasteiger partial charge in [-0.1, -0.05) is 11.6 Å². The third kappa shape index (κ3) is 3.96. The number of nitrogens with zero attached hydrogens (tertiary/aromatic N) is 1. The summed E-state index contributed by atoms with van der Waals surface area (Å²) in [7, 11) is 1.58. The minimum atomic E-state index is 0.00370. The molecular weight excluding hydrogens is 240 g/mol. The number of nitrogens with two attached hydrogens (primary N) is 1. The zero-order valence-corrected chi connectivity index (χ0v) is 12.3. The largest absolute Gasteiger partial charge is 0.496 e. The van der Waals surface area contributed by atoms with Crippen LogP contribution in [-0.4, -0.2) is 37.0 Å². The first-order valence-electron chi connectivity index (χ1n) is 6.67. The molecule has 19 heavy (non-hydrogen) atoms. The summed E-state index contributed by atoms with van der Waals surface area (Å²) in [6.07, 6.45) is 0.804. The molecule has 0 saturated carbocycles. The maximum atomic E-state index is 12.6. The molecule has 0 atom stereocenters. The number of hydrogen-bond donors (Lipinski definition) is 1. The number of hydrogen-bond acceptors (Lipinski definition) is 3. The summed E-state index contributed by atoms with van der Waals surface area (Å²) in [6, 6.07) is 5.79. The zero-order chi connectivity index (χ0) is 14.4. The summed E-state index contributed by atoms with van der Waals surface area (Å²) in [5.74, 6) is 0.623. The van der Waals surface area contributed by atoms with Crippen LogP contribution in [0.5, 0.6) is 5.75 Å². The van der Waals surface area contributed by atoms with Crippen LogP contribution in [0.15, 0.2) is 18.2 Å². The van der Waals surface area contributed by atoms with E-state index < -0.39 is 0 Å². The van der Waals surface area contributed by atoms with E-state index in [4.69, 9.17) is 10.5 Å². The number of carbonyl (C=O) groups is 1. The van der Waals surface area contributed by atoms with E-state index in [0.717, 1.165) is 12.0 Å². The van der Waals surface area contributed by atoms with Crippen LogP contribution in [-0.2, 0) is 0 Å². The quantitative estimate of drug-likeness (QED) is 0.857. The van der Waals surface area contributed by atoms with Gasteiger partial charge in [-0.15, -0.1) is 0 Å². The number of carbonyl (C=O) groups excluding carboxylic acids is 1. The minimum absolute atomic E-state index is 0.00370. The van der Waals surface area contributed by atoms with Crippen LogP contribution in [0.25, 0.3) is 0 Å². The highest BCUT2D eigenvalue weighted by atomic mass is 16.5. The SMILES string of the molecule is COc1ccc(C)cc1C(=O)N(CCCN)C(C)C. The zero-order valence-electron chi connectivity index (χ0n) is 12.3. The van der Waals surface area contributed by atoms with E-state index in [1.54, 1.807) is 7.11 Å². The number of aryl methyl sites for hydroxylation is 1. The molecule has 0 bridgehead atoms. The number of methoxy groups -OCH3 is 1. The lowest BCUT2D eigenvalue weighted by molar-refractivity contribution is 0.0701. The van der Waals surface area contributed by atoms with Crippen molar-refractivity contribution in [1.82, 2.24) is 4.90 Å². The minimum Gasteiger partial charge on any atom is -0.496 e. The fraction of sp³-hybridized carbons (Fsp3) is 0.533. The van der Waals surface area contributed by atoms with Gasteiger partial charge in [-0.05, 0) is 45.9 Å². The molecule has 4 nitrogen and oxygen atoms in total. The Morgan fingerprint density at radius 1 is 1.42 bits per heavy atom. The summed E-state index contributed by atoms with van der Waals surface area (Å²) < 4.78 is 5.28. The second kappa shape index (κ2) is 7.14. The number of amides is 1. The van der Waals surface area contributed by atoms with Gasteiger partial charge in [-0.2, -0.15) is 0 Å². The molecule has 0 heterocycles. The maximum Gasteiger partial charge on any atom is 0.257 e. The van der Waals surface area contributed by atoms with Gasteiger partial charge in [0.05, 0.1) is 12.7 Å². The topological polar surface area (TPSA) is 55.6 Å². The van der Waals surface area contributed by atoms with Gasteiger partial charge in [0.2, 0.25) is 0 Å². The molecule has 106 valence electrons. The summed E-state index contributed by atoms with van der Waals surface area (Å²) in [5.41, 5.74) is 7.20. The van der Waals surface area contributed by atoms with Crippen molar-refractivity contribution >= 4 is 5.91 Å². The smallest absolute Gasteiger partial charge is 0.257 e. The average molecular weight is 264 g/mol. The van der Waals surface area contributed by atoms with Gasteiger partial charge in [0.15, 0.2) is 0 Å². The molecule has 0 aliphatic heterocycles. The van der Waals surface area contributed by atoms with Crippen LogP contribution >= 0.6 is 0 Å². The molecule has 0 aromatic heterocycles. The molecule has 0 radical (unpaired) electrons. The van der Waals surface area contributed by atoms with Crippen LogP contribution in [0.4, 0.5) is 0 Å². The van der Waals surface area contributed by atoms with Crippen LogP contribution in [0.3, 0.4) is 0 Å². The Morgan fingerprint density at radius 3 is 2.63 bits per heavy atom. The lowest BCUT2D eigenvalue weighted by Gasteiger charge is -2.27. The molecule has 2 N–H and O–H groups in total. The number of rotatable bonds is 6. The van der Waals surface area contributed by atoms with Crippen LogP contribution < -0.4 is 10.5 Å². The van der Waals surface area contributed by atoms with Gasteiger partial charge in [0.25, 0.3) is 5.91 Å². The highest BCUT2D eigenvalue weighted by Crippen LogP contribution is 2.22. The van der Waals surface area contributed by atoms with E-state index in [-0.39, 0.29) is 11.9 Å². The normalized spacial score (nSPS) is 10.6. The van der Waals surface area contributed by atoms with Crippen molar-refractivity contribution in [3.63, 3.8) is 0 Å².